The number of amides is 3. The van der Waals surface area contributed by atoms with Gasteiger partial charge < -0.3 is 4.90 Å². The van der Waals surface area contributed by atoms with Crippen LogP contribution in [0.1, 0.15) is 26.3 Å². The first-order valence-corrected chi connectivity index (χ1v) is 11.3. The number of rotatable bonds is 5. The molecule has 2 aliphatic heterocycles. The van der Waals surface area contributed by atoms with E-state index in [0.717, 1.165) is 10.5 Å². The largest absolute Gasteiger partial charge is 0.338 e. The molecule has 3 amide bonds. The Hall–Kier alpha value is -3.30. The van der Waals surface area contributed by atoms with Gasteiger partial charge in [0.2, 0.25) is 15.9 Å². The number of sulfonamides is 1. The molecule has 1 saturated heterocycles. The molecular weight excluding hydrogens is 418 g/mol. The molecule has 0 saturated carbocycles. The summed E-state index contributed by atoms with van der Waals surface area (Å²) in [6.07, 6.45) is 1.54. The molecule has 0 atom stereocenters. The summed E-state index contributed by atoms with van der Waals surface area (Å²) in [7, 11) is -3.61. The summed E-state index contributed by atoms with van der Waals surface area (Å²) >= 11 is 0. The second-order valence-electron chi connectivity index (χ2n) is 7.28. The molecule has 2 aromatic carbocycles. The third kappa shape index (κ3) is 4.28. The molecule has 0 bridgehead atoms. The van der Waals surface area contributed by atoms with Gasteiger partial charge in [-0.2, -0.15) is 4.31 Å². The zero-order valence-electron chi connectivity index (χ0n) is 16.7. The number of fused-ring (bicyclic) bond motifs is 1. The maximum Gasteiger partial charge on any atom is 0.262 e. The standard InChI is InChI=1S/C22H21N3O5S/c26-20(16-25-21(27)18-8-4-5-9-19(18)22(25)28)23-11-13-24(14-12-23)31(29,30)15-10-17-6-2-1-3-7-17/h1-10,15H,11-14,16H2/b15-10+. The molecule has 160 valence electrons. The maximum absolute atomic E-state index is 12.7. The maximum atomic E-state index is 12.7. The lowest BCUT2D eigenvalue weighted by atomic mass is 10.1. The van der Waals surface area contributed by atoms with Crippen molar-refractivity contribution in [1.29, 1.82) is 0 Å². The number of piperazine rings is 1. The average molecular weight is 439 g/mol. The van der Waals surface area contributed by atoms with Gasteiger partial charge in [0.15, 0.2) is 0 Å². The first-order valence-electron chi connectivity index (χ1n) is 9.83. The third-order valence-electron chi connectivity index (χ3n) is 5.35. The predicted octanol–water partition coefficient (Wildman–Crippen LogP) is 1.43. The highest BCUT2D eigenvalue weighted by Gasteiger charge is 2.37. The molecule has 4 rings (SSSR count). The molecule has 8 nitrogen and oxygen atoms in total. The summed E-state index contributed by atoms with van der Waals surface area (Å²) in [6.45, 7) is 0.332. The number of nitrogens with zero attached hydrogens (tertiary/aromatic N) is 3. The third-order valence-corrected chi connectivity index (χ3v) is 6.92. The summed E-state index contributed by atoms with van der Waals surface area (Å²) in [6, 6.07) is 15.6. The minimum absolute atomic E-state index is 0.148. The van der Waals surface area contributed by atoms with E-state index in [-0.39, 0.29) is 38.6 Å². The fourth-order valence-electron chi connectivity index (χ4n) is 3.62. The van der Waals surface area contributed by atoms with Gasteiger partial charge in [-0.25, -0.2) is 8.42 Å². The summed E-state index contributed by atoms with van der Waals surface area (Å²) in [5, 5.41) is 1.17. The van der Waals surface area contributed by atoms with Crippen molar-refractivity contribution in [2.24, 2.45) is 0 Å². The van der Waals surface area contributed by atoms with E-state index >= 15 is 0 Å². The second-order valence-corrected chi connectivity index (χ2v) is 9.10. The SMILES string of the molecule is O=C(CN1C(=O)c2ccccc2C1=O)N1CCN(S(=O)(=O)/C=C/c2ccccc2)CC1. The van der Waals surface area contributed by atoms with E-state index in [9.17, 15) is 22.8 Å². The van der Waals surface area contributed by atoms with Crippen LogP contribution in [0.3, 0.4) is 0 Å². The Morgan fingerprint density at radius 1 is 0.839 bits per heavy atom. The van der Waals surface area contributed by atoms with Gasteiger partial charge in [0.1, 0.15) is 6.54 Å². The topological polar surface area (TPSA) is 95.1 Å². The van der Waals surface area contributed by atoms with E-state index < -0.39 is 21.8 Å². The van der Waals surface area contributed by atoms with Crippen molar-refractivity contribution in [3.8, 4) is 0 Å². The Labute approximate surface area is 180 Å². The van der Waals surface area contributed by atoms with Crippen LogP contribution in [0.4, 0.5) is 0 Å². The quantitative estimate of drug-likeness (QED) is 0.657. The van der Waals surface area contributed by atoms with Crippen LogP contribution in [-0.4, -0.2) is 73.0 Å². The molecule has 0 radical (unpaired) electrons. The summed E-state index contributed by atoms with van der Waals surface area (Å²) in [5.74, 6) is -1.35. The fraction of sp³-hybridized carbons (Fsp3) is 0.227. The molecule has 0 spiro atoms. The smallest absolute Gasteiger partial charge is 0.262 e. The van der Waals surface area contributed by atoms with Crippen molar-refractivity contribution in [2.75, 3.05) is 32.7 Å². The van der Waals surface area contributed by atoms with Gasteiger partial charge in [0.25, 0.3) is 11.8 Å². The van der Waals surface area contributed by atoms with Crippen molar-refractivity contribution in [2.45, 2.75) is 0 Å². The Kier molecular flexibility index (Phi) is 5.71. The van der Waals surface area contributed by atoms with Crippen LogP contribution in [-0.2, 0) is 14.8 Å². The van der Waals surface area contributed by atoms with Gasteiger partial charge in [-0.1, -0.05) is 42.5 Å². The van der Waals surface area contributed by atoms with Crippen LogP contribution >= 0.6 is 0 Å². The molecule has 31 heavy (non-hydrogen) atoms. The molecule has 1 fully saturated rings. The van der Waals surface area contributed by atoms with Gasteiger partial charge in [0.05, 0.1) is 11.1 Å². The molecule has 0 unspecified atom stereocenters. The van der Waals surface area contributed by atoms with Crippen molar-refractivity contribution < 1.29 is 22.8 Å². The normalized spacial score (nSPS) is 17.4. The highest BCUT2D eigenvalue weighted by molar-refractivity contribution is 7.92. The van der Waals surface area contributed by atoms with E-state index in [1.807, 2.05) is 30.3 Å². The van der Waals surface area contributed by atoms with Crippen molar-refractivity contribution >= 4 is 33.8 Å². The molecule has 0 aromatic heterocycles. The van der Waals surface area contributed by atoms with Crippen LogP contribution in [0, 0.1) is 0 Å². The number of benzene rings is 2. The summed E-state index contributed by atoms with van der Waals surface area (Å²) in [4.78, 5) is 40.0. The number of imide groups is 1. The van der Waals surface area contributed by atoms with Gasteiger partial charge in [-0.3, -0.25) is 19.3 Å². The average Bonchev–Trinajstić information content (AvgIpc) is 3.03. The van der Waals surface area contributed by atoms with Crippen LogP contribution in [0.25, 0.3) is 6.08 Å². The number of carbonyl (C=O) groups excluding carboxylic acids is 3. The van der Waals surface area contributed by atoms with E-state index in [0.29, 0.717) is 11.1 Å². The lowest BCUT2D eigenvalue weighted by molar-refractivity contribution is -0.132. The Bertz CT molecular complexity index is 1120. The summed E-state index contributed by atoms with van der Waals surface area (Å²) in [5.41, 5.74) is 1.36. The van der Waals surface area contributed by atoms with E-state index in [1.54, 1.807) is 24.3 Å². The molecule has 2 heterocycles. The van der Waals surface area contributed by atoms with Gasteiger partial charge in [-0.15, -0.1) is 0 Å². The van der Waals surface area contributed by atoms with Crippen LogP contribution in [0.2, 0.25) is 0 Å². The van der Waals surface area contributed by atoms with Gasteiger partial charge in [-0.05, 0) is 23.8 Å². The second kappa shape index (κ2) is 8.44. The van der Waals surface area contributed by atoms with Crippen molar-refractivity contribution in [1.82, 2.24) is 14.1 Å². The molecule has 2 aliphatic rings. The van der Waals surface area contributed by atoms with Crippen molar-refractivity contribution in [3.63, 3.8) is 0 Å². The first-order chi connectivity index (χ1) is 14.9. The van der Waals surface area contributed by atoms with Crippen molar-refractivity contribution in [3.05, 3.63) is 76.7 Å². The molecular formula is C22H21N3O5S. The first kappa shape index (κ1) is 21.0. The minimum atomic E-state index is -3.61. The monoisotopic (exact) mass is 439 g/mol. The van der Waals surface area contributed by atoms with E-state index in [1.165, 1.54) is 20.7 Å². The highest BCUT2D eigenvalue weighted by atomic mass is 32.2. The highest BCUT2D eigenvalue weighted by Crippen LogP contribution is 2.22. The van der Waals surface area contributed by atoms with Crippen LogP contribution in [0.15, 0.2) is 60.0 Å². The van der Waals surface area contributed by atoms with E-state index in [4.69, 9.17) is 0 Å². The molecule has 0 N–H and O–H groups in total. The Balaban J connectivity index is 1.35. The summed E-state index contributed by atoms with van der Waals surface area (Å²) < 4.78 is 26.4. The Morgan fingerprint density at radius 2 is 1.39 bits per heavy atom. The number of hydrogen-bond donors (Lipinski definition) is 0. The number of hydrogen-bond acceptors (Lipinski definition) is 5. The van der Waals surface area contributed by atoms with Crippen LogP contribution < -0.4 is 0 Å². The zero-order chi connectivity index (χ0) is 22.0. The lowest BCUT2D eigenvalue weighted by Gasteiger charge is -2.34. The zero-order valence-corrected chi connectivity index (χ0v) is 17.5. The molecule has 0 aliphatic carbocycles. The van der Waals surface area contributed by atoms with Crippen LogP contribution in [0.5, 0.6) is 0 Å². The molecule has 2 aromatic rings. The molecule has 9 heteroatoms. The lowest BCUT2D eigenvalue weighted by Crippen LogP contribution is -2.52. The van der Waals surface area contributed by atoms with Gasteiger partial charge >= 0.3 is 0 Å². The van der Waals surface area contributed by atoms with Gasteiger partial charge in [0, 0.05) is 31.6 Å². The Morgan fingerprint density at radius 3 is 1.97 bits per heavy atom. The predicted molar refractivity (Wildman–Crippen MR) is 114 cm³/mol. The van der Waals surface area contributed by atoms with E-state index in [2.05, 4.69) is 0 Å². The number of carbonyl (C=O) groups is 3. The minimum Gasteiger partial charge on any atom is -0.338 e. The fourth-order valence-corrected chi connectivity index (χ4v) is 4.80.